The minimum Gasteiger partial charge on any atom is -0.384 e. The fraction of sp³-hybridized carbons (Fsp3) is 0.294. The van der Waals surface area contributed by atoms with E-state index in [0.29, 0.717) is 0 Å². The molecule has 0 aliphatic heterocycles. The molecular formula is C17H19BrO. The van der Waals surface area contributed by atoms with Gasteiger partial charge < -0.3 is 5.11 Å². The van der Waals surface area contributed by atoms with Crippen molar-refractivity contribution in [3.05, 3.63) is 68.7 Å². The first-order valence-electron chi connectivity index (χ1n) is 6.57. The van der Waals surface area contributed by atoms with Crippen LogP contribution in [0, 0.1) is 13.8 Å². The Labute approximate surface area is 123 Å². The zero-order valence-corrected chi connectivity index (χ0v) is 13.2. The van der Waals surface area contributed by atoms with Crippen LogP contribution < -0.4 is 0 Å². The van der Waals surface area contributed by atoms with E-state index in [4.69, 9.17) is 0 Å². The van der Waals surface area contributed by atoms with Crippen LogP contribution in [-0.2, 0) is 6.42 Å². The van der Waals surface area contributed by atoms with Crippen LogP contribution in [0.2, 0.25) is 0 Å². The molecule has 2 aromatic carbocycles. The molecule has 0 aromatic heterocycles. The number of benzene rings is 2. The molecule has 1 N–H and O–H groups in total. The van der Waals surface area contributed by atoms with E-state index in [1.165, 1.54) is 5.56 Å². The van der Waals surface area contributed by atoms with Gasteiger partial charge in [0, 0.05) is 4.47 Å². The molecule has 0 saturated heterocycles. The molecule has 0 aliphatic carbocycles. The monoisotopic (exact) mass is 318 g/mol. The van der Waals surface area contributed by atoms with E-state index < -0.39 is 6.10 Å². The molecule has 19 heavy (non-hydrogen) atoms. The lowest BCUT2D eigenvalue weighted by atomic mass is 9.92. The van der Waals surface area contributed by atoms with Gasteiger partial charge in [0.2, 0.25) is 0 Å². The van der Waals surface area contributed by atoms with E-state index in [-0.39, 0.29) is 0 Å². The van der Waals surface area contributed by atoms with Gasteiger partial charge in [0.05, 0.1) is 0 Å². The first kappa shape index (κ1) is 14.3. The van der Waals surface area contributed by atoms with Crippen molar-refractivity contribution >= 4 is 15.9 Å². The van der Waals surface area contributed by atoms with Crippen LogP contribution in [0.3, 0.4) is 0 Å². The average molecular weight is 319 g/mol. The number of hydrogen-bond donors (Lipinski definition) is 1. The summed E-state index contributed by atoms with van der Waals surface area (Å²) in [4.78, 5) is 0. The SMILES string of the molecule is CCc1ccccc1C(O)c1cc(C)c(Br)cc1C. The summed E-state index contributed by atoms with van der Waals surface area (Å²) >= 11 is 3.53. The maximum atomic E-state index is 10.7. The Balaban J connectivity index is 2.50. The van der Waals surface area contributed by atoms with E-state index in [2.05, 4.69) is 41.1 Å². The number of aryl methyl sites for hydroxylation is 3. The van der Waals surface area contributed by atoms with Crippen LogP contribution >= 0.6 is 15.9 Å². The van der Waals surface area contributed by atoms with Crippen molar-refractivity contribution in [3.8, 4) is 0 Å². The summed E-state index contributed by atoms with van der Waals surface area (Å²) < 4.78 is 1.09. The maximum Gasteiger partial charge on any atom is 0.105 e. The molecule has 0 heterocycles. The molecule has 0 radical (unpaired) electrons. The second-order valence-corrected chi connectivity index (χ2v) is 5.77. The Morgan fingerprint density at radius 2 is 1.74 bits per heavy atom. The largest absolute Gasteiger partial charge is 0.384 e. The molecule has 2 aromatic rings. The smallest absolute Gasteiger partial charge is 0.105 e. The summed E-state index contributed by atoms with van der Waals surface area (Å²) in [5, 5.41) is 10.7. The van der Waals surface area contributed by atoms with Gasteiger partial charge in [-0.3, -0.25) is 0 Å². The Morgan fingerprint density at radius 1 is 1.05 bits per heavy atom. The molecule has 0 saturated carbocycles. The van der Waals surface area contributed by atoms with Crippen LogP contribution in [0.15, 0.2) is 40.9 Å². The second-order valence-electron chi connectivity index (χ2n) is 4.91. The molecule has 0 aliphatic rings. The van der Waals surface area contributed by atoms with Gasteiger partial charge in [0.1, 0.15) is 6.10 Å². The van der Waals surface area contributed by atoms with Crippen LogP contribution in [0.25, 0.3) is 0 Å². The van der Waals surface area contributed by atoms with E-state index in [1.807, 2.05) is 32.0 Å². The fourth-order valence-electron chi connectivity index (χ4n) is 2.39. The van der Waals surface area contributed by atoms with Crippen molar-refractivity contribution in [2.45, 2.75) is 33.3 Å². The molecule has 0 amide bonds. The molecule has 1 unspecified atom stereocenters. The molecule has 0 fully saturated rings. The highest BCUT2D eigenvalue weighted by Crippen LogP contribution is 2.30. The van der Waals surface area contributed by atoms with Gasteiger partial charge in [0.25, 0.3) is 0 Å². The van der Waals surface area contributed by atoms with Gasteiger partial charge in [0.15, 0.2) is 0 Å². The van der Waals surface area contributed by atoms with Crippen molar-refractivity contribution < 1.29 is 5.11 Å². The Bertz CT molecular complexity index is 590. The van der Waals surface area contributed by atoms with Gasteiger partial charge in [-0.25, -0.2) is 0 Å². The summed E-state index contributed by atoms with van der Waals surface area (Å²) in [6.45, 7) is 6.20. The fourth-order valence-corrected chi connectivity index (χ4v) is 2.85. The third kappa shape index (κ3) is 2.90. The first-order valence-corrected chi connectivity index (χ1v) is 7.36. The van der Waals surface area contributed by atoms with Gasteiger partial charge in [-0.15, -0.1) is 0 Å². The Kier molecular flexibility index (Phi) is 4.43. The van der Waals surface area contributed by atoms with E-state index in [1.54, 1.807) is 0 Å². The first-order chi connectivity index (χ1) is 9.04. The van der Waals surface area contributed by atoms with Crippen molar-refractivity contribution in [1.82, 2.24) is 0 Å². The Hall–Kier alpha value is -1.12. The number of aliphatic hydroxyl groups is 1. The maximum absolute atomic E-state index is 10.7. The number of halogens is 1. The standard InChI is InChI=1S/C17H19BrO/c1-4-13-7-5-6-8-14(13)17(19)15-9-12(3)16(18)10-11(15)2/h5-10,17,19H,4H2,1-3H3. The molecular weight excluding hydrogens is 300 g/mol. The quantitative estimate of drug-likeness (QED) is 0.868. The highest BCUT2D eigenvalue weighted by molar-refractivity contribution is 9.10. The second kappa shape index (κ2) is 5.89. The van der Waals surface area contributed by atoms with Crippen molar-refractivity contribution in [3.63, 3.8) is 0 Å². The van der Waals surface area contributed by atoms with Gasteiger partial charge in [-0.2, -0.15) is 0 Å². The van der Waals surface area contributed by atoms with Gasteiger partial charge in [-0.1, -0.05) is 53.2 Å². The Morgan fingerprint density at radius 3 is 2.42 bits per heavy atom. The predicted molar refractivity (Wildman–Crippen MR) is 83.5 cm³/mol. The van der Waals surface area contributed by atoms with Crippen LogP contribution in [-0.4, -0.2) is 5.11 Å². The minimum absolute atomic E-state index is 0.553. The van der Waals surface area contributed by atoms with Gasteiger partial charge in [-0.05, 0) is 54.2 Å². The molecule has 0 spiro atoms. The normalized spacial score (nSPS) is 12.5. The lowest BCUT2D eigenvalue weighted by Gasteiger charge is -2.18. The third-order valence-corrected chi connectivity index (χ3v) is 4.43. The lowest BCUT2D eigenvalue weighted by Crippen LogP contribution is -2.05. The topological polar surface area (TPSA) is 20.2 Å². The van der Waals surface area contributed by atoms with Crippen molar-refractivity contribution in [1.29, 1.82) is 0 Å². The summed E-state index contributed by atoms with van der Waals surface area (Å²) in [5.74, 6) is 0. The van der Waals surface area contributed by atoms with Crippen LogP contribution in [0.5, 0.6) is 0 Å². The highest BCUT2D eigenvalue weighted by Gasteiger charge is 2.16. The zero-order chi connectivity index (χ0) is 14.0. The van der Waals surface area contributed by atoms with E-state index in [0.717, 1.165) is 33.1 Å². The summed E-state index contributed by atoms with van der Waals surface area (Å²) in [7, 11) is 0. The van der Waals surface area contributed by atoms with Crippen molar-refractivity contribution in [2.24, 2.45) is 0 Å². The molecule has 1 nitrogen and oxygen atoms in total. The van der Waals surface area contributed by atoms with Crippen molar-refractivity contribution in [2.75, 3.05) is 0 Å². The van der Waals surface area contributed by atoms with Gasteiger partial charge >= 0.3 is 0 Å². The molecule has 2 heteroatoms. The molecule has 100 valence electrons. The third-order valence-electron chi connectivity index (χ3n) is 3.57. The molecule has 0 bridgehead atoms. The predicted octanol–water partition coefficient (Wildman–Crippen LogP) is 4.71. The summed E-state index contributed by atoms with van der Waals surface area (Å²) in [5.41, 5.74) is 5.45. The van der Waals surface area contributed by atoms with Crippen LogP contribution in [0.4, 0.5) is 0 Å². The zero-order valence-electron chi connectivity index (χ0n) is 11.6. The highest BCUT2D eigenvalue weighted by atomic mass is 79.9. The summed E-state index contributed by atoms with van der Waals surface area (Å²) in [6.07, 6.45) is 0.380. The minimum atomic E-state index is -0.553. The number of aliphatic hydroxyl groups excluding tert-OH is 1. The number of hydrogen-bond acceptors (Lipinski definition) is 1. The molecule has 1 atom stereocenters. The average Bonchev–Trinajstić information content (AvgIpc) is 2.42. The van der Waals surface area contributed by atoms with Crippen LogP contribution in [0.1, 0.15) is 40.8 Å². The van der Waals surface area contributed by atoms with E-state index in [9.17, 15) is 5.11 Å². The lowest BCUT2D eigenvalue weighted by molar-refractivity contribution is 0.218. The summed E-state index contributed by atoms with van der Waals surface area (Å²) in [6, 6.07) is 12.2. The number of rotatable bonds is 3. The molecule has 2 rings (SSSR count). The van der Waals surface area contributed by atoms with E-state index >= 15 is 0 Å².